The Bertz CT molecular complexity index is 519. The fraction of sp³-hybridized carbons (Fsp3) is 0.294. The molecule has 3 nitrogen and oxygen atoms in total. The summed E-state index contributed by atoms with van der Waals surface area (Å²) in [7, 11) is 0. The van der Waals surface area contributed by atoms with Gasteiger partial charge in [-0.05, 0) is 17.2 Å². The molecule has 2 aromatic rings. The highest BCUT2D eigenvalue weighted by molar-refractivity contribution is 5.82. The lowest BCUT2D eigenvalue weighted by Crippen LogP contribution is -2.37. The van der Waals surface area contributed by atoms with E-state index in [1.807, 2.05) is 63.2 Å². The van der Waals surface area contributed by atoms with Crippen LogP contribution in [0.25, 0.3) is 0 Å². The van der Waals surface area contributed by atoms with E-state index in [-0.39, 0.29) is 11.9 Å². The predicted molar refractivity (Wildman–Crippen MR) is 80.1 cm³/mol. The number of carbonyl (C=O) groups excluding carboxylic acids is 1. The molecule has 1 atom stereocenters. The molecule has 1 aromatic carbocycles. The summed E-state index contributed by atoms with van der Waals surface area (Å²) in [5, 5.41) is 3.11. The maximum Gasteiger partial charge on any atom is 0.226 e. The molecule has 3 heteroatoms. The monoisotopic (exact) mass is 268 g/mol. The molecule has 1 amide bonds. The fourth-order valence-corrected chi connectivity index (χ4v) is 1.90. The molecule has 0 saturated carbocycles. The average Bonchev–Trinajstić information content (AvgIpc) is 2.45. The number of hydrogen-bond donors (Lipinski definition) is 1. The van der Waals surface area contributed by atoms with Gasteiger partial charge in [0.15, 0.2) is 0 Å². The predicted octanol–water partition coefficient (Wildman–Crippen LogP) is 3.33. The molecule has 0 radical (unpaired) electrons. The van der Waals surface area contributed by atoms with Gasteiger partial charge in [0, 0.05) is 17.8 Å². The van der Waals surface area contributed by atoms with Crippen molar-refractivity contribution in [1.29, 1.82) is 0 Å². The number of carbonyl (C=O) groups is 1. The smallest absolute Gasteiger partial charge is 0.226 e. The summed E-state index contributed by atoms with van der Waals surface area (Å²) in [6, 6.07) is 13.6. The summed E-state index contributed by atoms with van der Waals surface area (Å²) in [6.45, 7) is 5.73. The number of rotatable bonds is 3. The van der Waals surface area contributed by atoms with E-state index in [2.05, 4.69) is 10.3 Å². The summed E-state index contributed by atoms with van der Waals surface area (Å²) in [5.74, 6) is 0.0233. The van der Waals surface area contributed by atoms with Gasteiger partial charge >= 0.3 is 0 Å². The van der Waals surface area contributed by atoms with Gasteiger partial charge in [0.1, 0.15) is 0 Å². The van der Waals surface area contributed by atoms with E-state index in [9.17, 15) is 4.79 Å². The quantitative estimate of drug-likeness (QED) is 0.927. The molecule has 1 unspecified atom stereocenters. The second kappa shape index (κ2) is 5.87. The molecule has 0 aliphatic heterocycles. The third-order valence-electron chi connectivity index (χ3n) is 3.11. The molecular weight excluding hydrogens is 248 g/mol. The second-order valence-corrected chi connectivity index (χ2v) is 5.85. The number of aromatic nitrogens is 1. The Morgan fingerprint density at radius 3 is 2.25 bits per heavy atom. The summed E-state index contributed by atoms with van der Waals surface area (Å²) in [6.07, 6.45) is 3.53. The minimum atomic E-state index is -0.421. The van der Waals surface area contributed by atoms with Crippen molar-refractivity contribution in [3.8, 4) is 0 Å². The Morgan fingerprint density at radius 1 is 1.05 bits per heavy atom. The van der Waals surface area contributed by atoms with Gasteiger partial charge in [-0.25, -0.2) is 0 Å². The molecule has 0 fully saturated rings. The Hall–Kier alpha value is -2.16. The molecule has 0 saturated heterocycles. The molecule has 1 aromatic heterocycles. The van der Waals surface area contributed by atoms with Crippen molar-refractivity contribution in [2.75, 3.05) is 0 Å². The lowest BCUT2D eigenvalue weighted by Gasteiger charge is -2.25. The number of nitrogens with zero attached hydrogens (tertiary/aromatic N) is 1. The van der Waals surface area contributed by atoms with Crippen LogP contribution in [0, 0.1) is 5.41 Å². The first-order valence-electron chi connectivity index (χ1n) is 6.74. The van der Waals surface area contributed by atoms with E-state index >= 15 is 0 Å². The average molecular weight is 268 g/mol. The first kappa shape index (κ1) is 14.3. The Morgan fingerprint density at radius 2 is 1.70 bits per heavy atom. The molecular formula is C17H20N2O. The molecule has 0 aliphatic carbocycles. The van der Waals surface area contributed by atoms with Crippen molar-refractivity contribution in [1.82, 2.24) is 10.3 Å². The van der Waals surface area contributed by atoms with Crippen LogP contribution in [0.3, 0.4) is 0 Å². The maximum absolute atomic E-state index is 12.3. The van der Waals surface area contributed by atoms with Gasteiger partial charge in [0.25, 0.3) is 0 Å². The first-order chi connectivity index (χ1) is 9.48. The van der Waals surface area contributed by atoms with E-state index in [1.165, 1.54) is 0 Å². The summed E-state index contributed by atoms with van der Waals surface area (Å²) >= 11 is 0. The topological polar surface area (TPSA) is 42.0 Å². The fourth-order valence-electron chi connectivity index (χ4n) is 1.90. The molecule has 2 rings (SSSR count). The molecule has 1 N–H and O–H groups in total. The highest BCUT2D eigenvalue weighted by Gasteiger charge is 2.25. The number of benzene rings is 1. The zero-order valence-corrected chi connectivity index (χ0v) is 12.1. The van der Waals surface area contributed by atoms with Crippen molar-refractivity contribution in [3.05, 3.63) is 66.0 Å². The van der Waals surface area contributed by atoms with Gasteiger partial charge in [-0.15, -0.1) is 0 Å². The highest BCUT2D eigenvalue weighted by Crippen LogP contribution is 2.23. The molecule has 104 valence electrons. The Kier molecular flexibility index (Phi) is 4.18. The molecule has 20 heavy (non-hydrogen) atoms. The summed E-state index contributed by atoms with van der Waals surface area (Å²) < 4.78 is 0. The van der Waals surface area contributed by atoms with Crippen LogP contribution in [0.2, 0.25) is 0 Å². The molecule has 0 bridgehead atoms. The van der Waals surface area contributed by atoms with E-state index < -0.39 is 5.41 Å². The Balaban J connectivity index is 2.34. The highest BCUT2D eigenvalue weighted by atomic mass is 16.2. The van der Waals surface area contributed by atoms with Crippen molar-refractivity contribution in [2.24, 2.45) is 5.41 Å². The zero-order chi connectivity index (χ0) is 14.6. The number of hydrogen-bond acceptors (Lipinski definition) is 2. The van der Waals surface area contributed by atoms with Crippen molar-refractivity contribution < 1.29 is 4.79 Å². The normalized spacial score (nSPS) is 12.8. The van der Waals surface area contributed by atoms with E-state index in [0.717, 1.165) is 11.1 Å². The SMILES string of the molecule is CC(C)(C)C(=O)NC(c1ccccc1)c1cccnc1. The van der Waals surface area contributed by atoms with Gasteiger partial charge < -0.3 is 5.32 Å². The van der Waals surface area contributed by atoms with Crippen LogP contribution in [0.5, 0.6) is 0 Å². The molecule has 1 heterocycles. The maximum atomic E-state index is 12.3. The van der Waals surface area contributed by atoms with E-state index in [1.54, 1.807) is 12.4 Å². The van der Waals surface area contributed by atoms with Crippen LogP contribution in [0.1, 0.15) is 37.9 Å². The van der Waals surface area contributed by atoms with Crippen LogP contribution in [-0.2, 0) is 4.79 Å². The zero-order valence-electron chi connectivity index (χ0n) is 12.1. The third-order valence-corrected chi connectivity index (χ3v) is 3.11. The minimum absolute atomic E-state index is 0.0233. The largest absolute Gasteiger partial charge is 0.345 e. The van der Waals surface area contributed by atoms with Crippen LogP contribution in [0.15, 0.2) is 54.9 Å². The lowest BCUT2D eigenvalue weighted by atomic mass is 9.93. The molecule has 0 aliphatic rings. The van der Waals surface area contributed by atoms with Crippen LogP contribution >= 0.6 is 0 Å². The lowest BCUT2D eigenvalue weighted by molar-refractivity contribution is -0.129. The third kappa shape index (κ3) is 3.44. The van der Waals surface area contributed by atoms with E-state index in [4.69, 9.17) is 0 Å². The van der Waals surface area contributed by atoms with Crippen molar-refractivity contribution in [3.63, 3.8) is 0 Å². The summed E-state index contributed by atoms with van der Waals surface area (Å²) in [4.78, 5) is 16.4. The van der Waals surface area contributed by atoms with Gasteiger partial charge in [-0.1, -0.05) is 57.2 Å². The number of amides is 1. The van der Waals surface area contributed by atoms with Gasteiger partial charge in [-0.3, -0.25) is 9.78 Å². The summed E-state index contributed by atoms with van der Waals surface area (Å²) in [5.41, 5.74) is 1.62. The van der Waals surface area contributed by atoms with Crippen molar-refractivity contribution >= 4 is 5.91 Å². The molecule has 0 spiro atoms. The first-order valence-corrected chi connectivity index (χ1v) is 6.74. The number of nitrogens with one attached hydrogen (secondary N) is 1. The van der Waals surface area contributed by atoms with Crippen LogP contribution < -0.4 is 5.32 Å². The van der Waals surface area contributed by atoms with Gasteiger partial charge in [0.05, 0.1) is 6.04 Å². The van der Waals surface area contributed by atoms with Crippen LogP contribution in [-0.4, -0.2) is 10.9 Å². The van der Waals surface area contributed by atoms with E-state index in [0.29, 0.717) is 0 Å². The Labute approximate surface area is 120 Å². The van der Waals surface area contributed by atoms with Crippen molar-refractivity contribution in [2.45, 2.75) is 26.8 Å². The standard InChI is InChI=1S/C17H20N2O/c1-17(2,3)16(20)19-15(13-8-5-4-6-9-13)14-10-7-11-18-12-14/h4-12,15H,1-3H3,(H,19,20). The minimum Gasteiger partial charge on any atom is -0.345 e. The second-order valence-electron chi connectivity index (χ2n) is 5.85. The van der Waals surface area contributed by atoms with Crippen LogP contribution in [0.4, 0.5) is 0 Å². The number of pyridine rings is 1. The van der Waals surface area contributed by atoms with Gasteiger partial charge in [0.2, 0.25) is 5.91 Å². The van der Waals surface area contributed by atoms with Gasteiger partial charge in [-0.2, -0.15) is 0 Å².